The minimum Gasteiger partial charge on any atom is -0.335 e. The highest BCUT2D eigenvalue weighted by atomic mass is 32.2. The number of nitrogen functional groups attached to an aromatic ring is 1. The van der Waals surface area contributed by atoms with Crippen LogP contribution in [0.1, 0.15) is 5.56 Å². The molecule has 0 bridgehead atoms. The van der Waals surface area contributed by atoms with Crippen LogP contribution in [0.15, 0.2) is 40.9 Å². The van der Waals surface area contributed by atoms with Gasteiger partial charge in [0.2, 0.25) is 11.1 Å². The molecule has 0 aliphatic heterocycles. The van der Waals surface area contributed by atoms with Crippen molar-refractivity contribution >= 4 is 40.4 Å². The molecule has 3 aromatic rings. The maximum absolute atomic E-state index is 12.1. The molecule has 1 aromatic carbocycles. The van der Waals surface area contributed by atoms with Crippen LogP contribution in [0.25, 0.3) is 10.7 Å². The first-order valence-corrected chi connectivity index (χ1v) is 9.24. The Morgan fingerprint density at radius 3 is 2.88 bits per heavy atom. The summed E-state index contributed by atoms with van der Waals surface area (Å²) in [5, 5.41) is 23.9. The summed E-state index contributed by atoms with van der Waals surface area (Å²) in [6.07, 6.45) is 0. The van der Waals surface area contributed by atoms with Gasteiger partial charge in [0.25, 0.3) is 5.69 Å². The fourth-order valence-corrected chi connectivity index (χ4v) is 3.53. The van der Waals surface area contributed by atoms with Crippen LogP contribution in [0.2, 0.25) is 0 Å². The van der Waals surface area contributed by atoms with Gasteiger partial charge in [-0.25, -0.2) is 4.68 Å². The van der Waals surface area contributed by atoms with Crippen LogP contribution < -0.4 is 11.2 Å². The van der Waals surface area contributed by atoms with Gasteiger partial charge in [0.1, 0.15) is 0 Å². The highest BCUT2D eigenvalue weighted by Gasteiger charge is 2.15. The summed E-state index contributed by atoms with van der Waals surface area (Å²) in [7, 11) is 0. The second-order valence-corrected chi connectivity index (χ2v) is 7.14. The number of nitro benzene ring substituents is 1. The molecule has 11 heteroatoms. The van der Waals surface area contributed by atoms with E-state index in [1.165, 1.54) is 34.2 Å². The van der Waals surface area contributed by atoms with Gasteiger partial charge in [-0.3, -0.25) is 14.9 Å². The molecule has 0 fully saturated rings. The van der Waals surface area contributed by atoms with Crippen molar-refractivity contribution in [3.8, 4) is 10.7 Å². The maximum Gasteiger partial charge on any atom is 0.269 e. The third-order valence-corrected chi connectivity index (χ3v) is 5.24. The molecule has 3 N–H and O–H groups in total. The number of nitro groups is 1. The second kappa shape index (κ2) is 7.54. The number of aromatic nitrogens is 3. The van der Waals surface area contributed by atoms with Crippen LogP contribution >= 0.6 is 23.1 Å². The number of amides is 1. The van der Waals surface area contributed by atoms with Crippen LogP contribution in [0.5, 0.6) is 0 Å². The van der Waals surface area contributed by atoms with E-state index < -0.39 is 4.92 Å². The molecule has 26 heavy (non-hydrogen) atoms. The first-order chi connectivity index (χ1) is 12.5. The van der Waals surface area contributed by atoms with Crippen molar-refractivity contribution in [2.24, 2.45) is 0 Å². The average molecular weight is 390 g/mol. The van der Waals surface area contributed by atoms with E-state index in [4.69, 9.17) is 5.84 Å². The van der Waals surface area contributed by atoms with E-state index in [1.54, 1.807) is 6.92 Å². The average Bonchev–Trinajstić information content (AvgIpc) is 3.24. The number of nitrogens with zero attached hydrogens (tertiary/aromatic N) is 4. The SMILES string of the molecule is Cc1cc([N+](=O)[O-])ccc1NC(=O)CSc1nnc(-c2cccs2)n1N. The number of carbonyl (C=O) groups is 1. The number of anilines is 1. The van der Waals surface area contributed by atoms with Crippen LogP contribution in [-0.4, -0.2) is 31.5 Å². The van der Waals surface area contributed by atoms with E-state index in [0.29, 0.717) is 22.2 Å². The number of benzene rings is 1. The monoisotopic (exact) mass is 390 g/mol. The lowest BCUT2D eigenvalue weighted by molar-refractivity contribution is -0.384. The standard InChI is InChI=1S/C15H14N6O3S2/c1-9-7-10(21(23)24)4-5-11(9)17-13(22)8-26-15-19-18-14(20(15)16)12-3-2-6-25-12/h2-7H,8,16H2,1H3,(H,17,22). The molecule has 3 rings (SSSR count). The van der Waals surface area contributed by atoms with Crippen molar-refractivity contribution in [2.75, 3.05) is 16.9 Å². The molecule has 0 saturated heterocycles. The number of hydrogen-bond donors (Lipinski definition) is 2. The molecule has 0 unspecified atom stereocenters. The number of aryl methyl sites for hydroxylation is 1. The van der Waals surface area contributed by atoms with Crippen LogP contribution in [0, 0.1) is 17.0 Å². The molecule has 0 spiro atoms. The summed E-state index contributed by atoms with van der Waals surface area (Å²) < 4.78 is 1.35. The van der Waals surface area contributed by atoms with Crippen molar-refractivity contribution in [1.82, 2.24) is 14.9 Å². The van der Waals surface area contributed by atoms with E-state index in [9.17, 15) is 14.9 Å². The quantitative estimate of drug-likeness (QED) is 0.286. The van der Waals surface area contributed by atoms with Gasteiger partial charge in [-0.2, -0.15) is 0 Å². The number of hydrogen-bond acceptors (Lipinski definition) is 8. The molecule has 134 valence electrons. The van der Waals surface area contributed by atoms with Gasteiger partial charge < -0.3 is 11.2 Å². The number of nitrogens with one attached hydrogen (secondary N) is 1. The second-order valence-electron chi connectivity index (χ2n) is 5.25. The molecule has 2 heterocycles. The van der Waals surface area contributed by atoms with E-state index in [0.717, 1.165) is 16.6 Å². The molecule has 0 atom stereocenters. The first-order valence-electron chi connectivity index (χ1n) is 7.38. The zero-order valence-corrected chi connectivity index (χ0v) is 15.2. The Bertz CT molecular complexity index is 954. The normalized spacial score (nSPS) is 10.7. The summed E-state index contributed by atoms with van der Waals surface area (Å²) in [6.45, 7) is 1.69. The Morgan fingerprint density at radius 2 is 2.23 bits per heavy atom. The lowest BCUT2D eigenvalue weighted by Crippen LogP contribution is -2.17. The van der Waals surface area contributed by atoms with Crippen molar-refractivity contribution < 1.29 is 9.72 Å². The predicted molar refractivity (Wildman–Crippen MR) is 101 cm³/mol. The third-order valence-electron chi connectivity index (χ3n) is 3.43. The minimum absolute atomic E-state index is 0.0211. The van der Waals surface area contributed by atoms with E-state index >= 15 is 0 Å². The molecule has 2 aromatic heterocycles. The molecular formula is C15H14N6O3S2. The Kier molecular flexibility index (Phi) is 5.19. The molecule has 0 radical (unpaired) electrons. The van der Waals surface area contributed by atoms with Crippen molar-refractivity contribution in [2.45, 2.75) is 12.1 Å². The molecule has 0 saturated carbocycles. The number of non-ortho nitro benzene ring substituents is 1. The number of thiophene rings is 1. The summed E-state index contributed by atoms with van der Waals surface area (Å²) in [5.74, 6) is 6.33. The summed E-state index contributed by atoms with van der Waals surface area (Å²) in [6, 6.07) is 8.04. The van der Waals surface area contributed by atoms with Crippen molar-refractivity contribution in [1.29, 1.82) is 0 Å². The fourth-order valence-electron chi connectivity index (χ4n) is 2.17. The zero-order chi connectivity index (χ0) is 18.7. The largest absolute Gasteiger partial charge is 0.335 e. The van der Waals surface area contributed by atoms with Crippen molar-refractivity contribution in [3.05, 3.63) is 51.4 Å². The number of rotatable bonds is 6. The first kappa shape index (κ1) is 17.9. The molecule has 1 amide bonds. The highest BCUT2D eigenvalue weighted by Crippen LogP contribution is 2.25. The van der Waals surface area contributed by atoms with Crippen LogP contribution in [0.4, 0.5) is 11.4 Å². The van der Waals surface area contributed by atoms with Crippen LogP contribution in [0.3, 0.4) is 0 Å². The minimum atomic E-state index is -0.478. The van der Waals surface area contributed by atoms with Gasteiger partial charge in [0.05, 0.1) is 15.6 Å². The number of nitrogens with two attached hydrogens (primary N) is 1. The van der Waals surface area contributed by atoms with Gasteiger partial charge in [0.15, 0.2) is 5.82 Å². The highest BCUT2D eigenvalue weighted by molar-refractivity contribution is 7.99. The van der Waals surface area contributed by atoms with E-state index in [-0.39, 0.29) is 17.3 Å². The molecule has 0 aliphatic rings. The molecular weight excluding hydrogens is 376 g/mol. The fraction of sp³-hybridized carbons (Fsp3) is 0.133. The molecule has 0 aliphatic carbocycles. The van der Waals surface area contributed by atoms with Gasteiger partial charge in [-0.15, -0.1) is 21.5 Å². The Morgan fingerprint density at radius 1 is 1.42 bits per heavy atom. The van der Waals surface area contributed by atoms with Gasteiger partial charge in [-0.05, 0) is 30.0 Å². The number of thioether (sulfide) groups is 1. The lowest BCUT2D eigenvalue weighted by Gasteiger charge is -2.08. The smallest absolute Gasteiger partial charge is 0.269 e. The van der Waals surface area contributed by atoms with Gasteiger partial charge in [-0.1, -0.05) is 17.8 Å². The predicted octanol–water partition coefficient (Wildman–Crippen LogP) is 2.67. The van der Waals surface area contributed by atoms with E-state index in [2.05, 4.69) is 15.5 Å². The summed E-state index contributed by atoms with van der Waals surface area (Å²) in [4.78, 5) is 23.3. The topological polar surface area (TPSA) is 129 Å². The lowest BCUT2D eigenvalue weighted by atomic mass is 10.2. The summed E-state index contributed by atoms with van der Waals surface area (Å²) in [5.41, 5.74) is 1.11. The Hall–Kier alpha value is -2.92. The zero-order valence-electron chi connectivity index (χ0n) is 13.6. The van der Waals surface area contributed by atoms with Crippen molar-refractivity contribution in [3.63, 3.8) is 0 Å². The van der Waals surface area contributed by atoms with E-state index in [1.807, 2.05) is 17.5 Å². The van der Waals surface area contributed by atoms with Gasteiger partial charge in [0, 0.05) is 17.8 Å². The molecule has 9 nitrogen and oxygen atoms in total. The maximum atomic E-state index is 12.1. The Balaban J connectivity index is 1.62. The Labute approximate surface area is 156 Å². The van der Waals surface area contributed by atoms with Gasteiger partial charge >= 0.3 is 0 Å². The van der Waals surface area contributed by atoms with Crippen LogP contribution in [-0.2, 0) is 4.79 Å². The number of carbonyl (C=O) groups excluding carboxylic acids is 1. The third kappa shape index (κ3) is 3.83. The summed E-state index contributed by atoms with van der Waals surface area (Å²) >= 11 is 2.65.